The Morgan fingerprint density at radius 3 is 2.11 bits per heavy atom. The van der Waals surface area contributed by atoms with Crippen molar-refractivity contribution >= 4 is 28.9 Å². The Bertz CT molecular complexity index is 542. The van der Waals surface area contributed by atoms with Gasteiger partial charge in [0.1, 0.15) is 6.33 Å². The monoisotopic (exact) mass is 281 g/mol. The van der Waals surface area contributed by atoms with E-state index in [4.69, 9.17) is 23.2 Å². The number of aromatic nitrogens is 2. The number of imidazole rings is 1. The highest BCUT2D eigenvalue weighted by atomic mass is 35.5. The first kappa shape index (κ1) is 11.9. The third-order valence-corrected chi connectivity index (χ3v) is 4.00. The maximum Gasteiger partial charge on any atom is 0.166 e. The Morgan fingerprint density at radius 1 is 0.944 bits per heavy atom. The van der Waals surface area contributed by atoms with Crippen molar-refractivity contribution in [3.63, 3.8) is 0 Å². The standard InChI is InChI=1S/C13H13Cl2N3/c14-12-13(15)18(9-16-12)11-5-3-10(4-6-11)17-7-1-2-8-17/h3-6,9H,1-2,7-8H2. The van der Waals surface area contributed by atoms with Crippen LogP contribution in [0.25, 0.3) is 5.69 Å². The van der Waals surface area contributed by atoms with Gasteiger partial charge in [-0.3, -0.25) is 4.57 Å². The van der Waals surface area contributed by atoms with E-state index in [9.17, 15) is 0 Å². The molecule has 0 unspecified atom stereocenters. The fourth-order valence-corrected chi connectivity index (χ4v) is 2.62. The molecule has 0 aliphatic carbocycles. The molecule has 0 radical (unpaired) electrons. The molecule has 1 fully saturated rings. The molecule has 1 saturated heterocycles. The van der Waals surface area contributed by atoms with Gasteiger partial charge < -0.3 is 4.90 Å². The molecular weight excluding hydrogens is 269 g/mol. The van der Waals surface area contributed by atoms with Gasteiger partial charge >= 0.3 is 0 Å². The van der Waals surface area contributed by atoms with E-state index >= 15 is 0 Å². The van der Waals surface area contributed by atoms with E-state index in [2.05, 4.69) is 22.0 Å². The number of nitrogens with zero attached hydrogens (tertiary/aromatic N) is 3. The van der Waals surface area contributed by atoms with Gasteiger partial charge in [-0.2, -0.15) is 0 Å². The van der Waals surface area contributed by atoms with Gasteiger partial charge in [-0.15, -0.1) is 0 Å². The van der Waals surface area contributed by atoms with Gasteiger partial charge in [-0.05, 0) is 37.1 Å². The summed E-state index contributed by atoms with van der Waals surface area (Å²) in [5.41, 5.74) is 2.24. The third-order valence-electron chi connectivity index (χ3n) is 3.27. The Balaban J connectivity index is 1.88. The number of hydrogen-bond donors (Lipinski definition) is 0. The number of benzene rings is 1. The lowest BCUT2D eigenvalue weighted by molar-refractivity contribution is 0.949. The zero-order valence-electron chi connectivity index (χ0n) is 9.81. The van der Waals surface area contributed by atoms with Crippen molar-refractivity contribution in [3.8, 4) is 5.69 Å². The van der Waals surface area contributed by atoms with Crippen LogP contribution in [-0.2, 0) is 0 Å². The highest BCUT2D eigenvalue weighted by Gasteiger charge is 2.13. The quantitative estimate of drug-likeness (QED) is 0.835. The minimum atomic E-state index is 0.334. The van der Waals surface area contributed by atoms with Crippen LogP contribution in [0.15, 0.2) is 30.6 Å². The van der Waals surface area contributed by atoms with Gasteiger partial charge in [0.25, 0.3) is 0 Å². The summed E-state index contributed by atoms with van der Waals surface area (Å²) in [7, 11) is 0. The molecule has 2 heterocycles. The maximum atomic E-state index is 6.07. The molecule has 1 aliphatic heterocycles. The van der Waals surface area contributed by atoms with Gasteiger partial charge in [-0.25, -0.2) is 4.98 Å². The highest BCUT2D eigenvalue weighted by molar-refractivity contribution is 6.40. The molecule has 3 nitrogen and oxygen atoms in total. The molecule has 0 atom stereocenters. The molecule has 0 N–H and O–H groups in total. The van der Waals surface area contributed by atoms with Crippen LogP contribution in [0, 0.1) is 0 Å². The van der Waals surface area contributed by atoms with Crippen LogP contribution < -0.4 is 4.90 Å². The second kappa shape index (κ2) is 4.82. The lowest BCUT2D eigenvalue weighted by atomic mass is 10.2. The fraction of sp³-hybridized carbons (Fsp3) is 0.308. The topological polar surface area (TPSA) is 21.1 Å². The predicted molar refractivity (Wildman–Crippen MR) is 75.0 cm³/mol. The van der Waals surface area contributed by atoms with Crippen LogP contribution in [-0.4, -0.2) is 22.6 Å². The third kappa shape index (κ3) is 2.08. The summed E-state index contributed by atoms with van der Waals surface area (Å²) in [5, 5.41) is 0.783. The zero-order chi connectivity index (χ0) is 12.5. The number of halogens is 2. The first-order valence-corrected chi connectivity index (χ1v) is 6.75. The van der Waals surface area contributed by atoms with Gasteiger partial charge in [-0.1, -0.05) is 23.2 Å². The molecule has 3 rings (SSSR count). The molecule has 94 valence electrons. The van der Waals surface area contributed by atoms with E-state index < -0.39 is 0 Å². The minimum Gasteiger partial charge on any atom is -0.372 e. The fourth-order valence-electron chi connectivity index (χ4n) is 2.29. The average molecular weight is 282 g/mol. The molecule has 0 amide bonds. The summed E-state index contributed by atoms with van der Waals surface area (Å²) >= 11 is 11.9. The minimum absolute atomic E-state index is 0.334. The van der Waals surface area contributed by atoms with E-state index in [0.717, 1.165) is 18.8 Å². The molecule has 2 aromatic rings. The zero-order valence-corrected chi connectivity index (χ0v) is 11.3. The molecule has 0 saturated carbocycles. The SMILES string of the molecule is Clc1ncn(-c2ccc(N3CCCC3)cc2)c1Cl. The summed E-state index contributed by atoms with van der Waals surface area (Å²) in [4.78, 5) is 6.37. The number of rotatable bonds is 2. The van der Waals surface area contributed by atoms with Gasteiger partial charge in [0, 0.05) is 24.5 Å². The van der Waals surface area contributed by atoms with Crippen molar-refractivity contribution in [1.82, 2.24) is 9.55 Å². The van der Waals surface area contributed by atoms with Crippen molar-refractivity contribution in [2.24, 2.45) is 0 Å². The van der Waals surface area contributed by atoms with Crippen molar-refractivity contribution in [2.45, 2.75) is 12.8 Å². The summed E-state index contributed by atoms with van der Waals surface area (Å²) < 4.78 is 1.78. The molecule has 5 heteroatoms. The van der Waals surface area contributed by atoms with Crippen LogP contribution in [0.2, 0.25) is 10.3 Å². The van der Waals surface area contributed by atoms with Crippen LogP contribution in [0.1, 0.15) is 12.8 Å². The van der Waals surface area contributed by atoms with E-state index in [1.54, 1.807) is 10.9 Å². The van der Waals surface area contributed by atoms with Gasteiger partial charge in [0.15, 0.2) is 10.3 Å². The van der Waals surface area contributed by atoms with Crippen molar-refractivity contribution in [1.29, 1.82) is 0 Å². The molecule has 1 aromatic heterocycles. The smallest absolute Gasteiger partial charge is 0.166 e. The second-order valence-corrected chi connectivity index (χ2v) is 5.12. The Morgan fingerprint density at radius 2 is 1.56 bits per heavy atom. The van der Waals surface area contributed by atoms with E-state index in [-0.39, 0.29) is 0 Å². The van der Waals surface area contributed by atoms with E-state index in [0.29, 0.717) is 10.3 Å². The van der Waals surface area contributed by atoms with E-state index in [1.807, 2.05) is 12.1 Å². The van der Waals surface area contributed by atoms with E-state index in [1.165, 1.54) is 18.5 Å². The Labute approximate surface area is 116 Å². The molecule has 18 heavy (non-hydrogen) atoms. The molecule has 1 aliphatic rings. The second-order valence-electron chi connectivity index (χ2n) is 4.41. The first-order chi connectivity index (χ1) is 8.75. The van der Waals surface area contributed by atoms with Gasteiger partial charge in [0.05, 0.1) is 0 Å². The molecule has 0 spiro atoms. The molecule has 1 aromatic carbocycles. The predicted octanol–water partition coefficient (Wildman–Crippen LogP) is 3.78. The Kier molecular flexibility index (Phi) is 3.18. The number of anilines is 1. The summed E-state index contributed by atoms with van der Waals surface area (Å²) in [6.07, 6.45) is 4.20. The lowest BCUT2D eigenvalue weighted by Crippen LogP contribution is -2.17. The Hall–Kier alpha value is -1.19. The van der Waals surface area contributed by atoms with Crippen molar-refractivity contribution in [2.75, 3.05) is 18.0 Å². The van der Waals surface area contributed by atoms with Crippen molar-refractivity contribution < 1.29 is 0 Å². The number of hydrogen-bond acceptors (Lipinski definition) is 2. The average Bonchev–Trinajstić information content (AvgIpc) is 3.02. The molecule has 0 bridgehead atoms. The molecular formula is C13H13Cl2N3. The maximum absolute atomic E-state index is 6.07. The normalized spacial score (nSPS) is 15.3. The van der Waals surface area contributed by atoms with Gasteiger partial charge in [0.2, 0.25) is 0 Å². The van der Waals surface area contributed by atoms with Crippen LogP contribution in [0.5, 0.6) is 0 Å². The van der Waals surface area contributed by atoms with Crippen LogP contribution >= 0.6 is 23.2 Å². The largest absolute Gasteiger partial charge is 0.372 e. The summed E-state index contributed by atoms with van der Waals surface area (Å²) in [6, 6.07) is 8.31. The van der Waals surface area contributed by atoms with Crippen LogP contribution in [0.4, 0.5) is 5.69 Å². The van der Waals surface area contributed by atoms with Crippen LogP contribution in [0.3, 0.4) is 0 Å². The first-order valence-electron chi connectivity index (χ1n) is 5.99. The lowest BCUT2D eigenvalue weighted by Gasteiger charge is -2.17. The summed E-state index contributed by atoms with van der Waals surface area (Å²) in [5.74, 6) is 0. The van der Waals surface area contributed by atoms with Crippen molar-refractivity contribution in [3.05, 3.63) is 40.9 Å². The summed E-state index contributed by atoms with van der Waals surface area (Å²) in [6.45, 7) is 2.30. The highest BCUT2D eigenvalue weighted by Crippen LogP contribution is 2.26.